The van der Waals surface area contributed by atoms with E-state index in [1.165, 1.54) is 30.4 Å². The van der Waals surface area contributed by atoms with Crippen LogP contribution in [0.2, 0.25) is 0 Å². The third-order valence-corrected chi connectivity index (χ3v) is 7.46. The van der Waals surface area contributed by atoms with E-state index in [0.717, 1.165) is 81.2 Å². The topological polar surface area (TPSA) is 74.7 Å². The van der Waals surface area contributed by atoms with E-state index in [1.807, 2.05) is 18.2 Å². The number of hydrogen-bond donors (Lipinski definition) is 2. The maximum Gasteiger partial charge on any atom is 0.325 e. The number of aromatic nitrogens is 1. The Morgan fingerprint density at radius 3 is 2.91 bits per heavy atom. The van der Waals surface area contributed by atoms with E-state index in [4.69, 9.17) is 9.72 Å². The predicted molar refractivity (Wildman–Crippen MR) is 133 cm³/mol. The minimum absolute atomic E-state index is 0.114. The van der Waals surface area contributed by atoms with E-state index in [9.17, 15) is 9.90 Å². The molecule has 1 aromatic carbocycles. The minimum Gasteiger partial charge on any atom is -0.480 e. The molecule has 5 rings (SSSR count). The first-order chi connectivity index (χ1) is 16.7. The summed E-state index contributed by atoms with van der Waals surface area (Å²) in [5.41, 5.74) is 4.65. The molecule has 2 unspecified atom stereocenters. The van der Waals surface area contributed by atoms with Crippen molar-refractivity contribution in [3.05, 3.63) is 58.8 Å². The molecule has 6 nitrogen and oxygen atoms in total. The maximum atomic E-state index is 12.3. The van der Waals surface area contributed by atoms with Crippen LogP contribution in [0.25, 0.3) is 0 Å². The van der Waals surface area contributed by atoms with Crippen LogP contribution in [-0.2, 0) is 28.8 Å². The van der Waals surface area contributed by atoms with Crippen LogP contribution >= 0.6 is 0 Å². The number of nitrogens with one attached hydrogen (secondary N) is 1. The van der Waals surface area contributed by atoms with E-state index in [1.54, 1.807) is 0 Å². The van der Waals surface area contributed by atoms with Crippen LogP contribution in [-0.4, -0.2) is 53.3 Å². The van der Waals surface area contributed by atoms with Gasteiger partial charge in [-0.15, -0.1) is 0 Å². The highest BCUT2D eigenvalue weighted by molar-refractivity contribution is 5.76. The number of carbonyl (C=O) groups is 1. The summed E-state index contributed by atoms with van der Waals surface area (Å²) in [6.45, 7) is 3.19. The fourth-order valence-electron chi connectivity index (χ4n) is 5.40. The number of rotatable bonds is 11. The highest BCUT2D eigenvalue weighted by Gasteiger charge is 2.35. The second-order valence-corrected chi connectivity index (χ2v) is 10.2. The second kappa shape index (κ2) is 10.9. The summed E-state index contributed by atoms with van der Waals surface area (Å²) in [4.78, 5) is 19.2. The fourth-order valence-corrected chi connectivity index (χ4v) is 5.40. The van der Waals surface area contributed by atoms with Crippen molar-refractivity contribution in [3.63, 3.8) is 0 Å². The lowest BCUT2D eigenvalue weighted by Gasteiger charge is -2.26. The van der Waals surface area contributed by atoms with Gasteiger partial charge in [0.25, 0.3) is 0 Å². The van der Waals surface area contributed by atoms with Gasteiger partial charge in [0.1, 0.15) is 11.9 Å². The average Bonchev–Trinajstić information content (AvgIpc) is 3.55. The molecule has 0 radical (unpaired) electrons. The molecule has 1 saturated heterocycles. The van der Waals surface area contributed by atoms with E-state index in [-0.39, 0.29) is 6.10 Å². The number of hydrogen-bond acceptors (Lipinski definition) is 5. The number of likely N-dealkylation sites (tertiary alicyclic amines) is 1. The molecule has 3 heterocycles. The van der Waals surface area contributed by atoms with Crippen molar-refractivity contribution >= 4 is 11.8 Å². The van der Waals surface area contributed by atoms with Gasteiger partial charge < -0.3 is 15.2 Å². The zero-order valence-electron chi connectivity index (χ0n) is 20.0. The van der Waals surface area contributed by atoms with Crippen LogP contribution in [0.5, 0.6) is 0 Å². The Hall–Kier alpha value is -2.44. The number of carboxylic acid groups (broad SMARTS) is 1. The molecule has 2 aromatic rings. The Labute approximate surface area is 202 Å². The van der Waals surface area contributed by atoms with Crippen molar-refractivity contribution in [2.24, 2.45) is 5.92 Å². The first kappa shape index (κ1) is 23.3. The molecule has 2 atom stereocenters. The molecule has 3 aliphatic rings. The van der Waals surface area contributed by atoms with Crippen LogP contribution in [0, 0.1) is 5.92 Å². The highest BCUT2D eigenvalue weighted by Crippen LogP contribution is 2.36. The number of carboxylic acids is 1. The van der Waals surface area contributed by atoms with Gasteiger partial charge in [-0.3, -0.25) is 9.69 Å². The Bertz CT molecular complexity index is 991. The quantitative estimate of drug-likeness (QED) is 0.473. The molecule has 6 heteroatoms. The van der Waals surface area contributed by atoms with E-state index < -0.39 is 12.0 Å². The summed E-state index contributed by atoms with van der Waals surface area (Å²) in [5.74, 6) is 1.05. The lowest BCUT2D eigenvalue weighted by atomic mass is 9.95. The molecule has 2 aliphatic heterocycles. The summed E-state index contributed by atoms with van der Waals surface area (Å²) in [6.07, 6.45) is 9.87. The fraction of sp³-hybridized carbons (Fsp3) is 0.571. The molecule has 1 aromatic heterocycles. The molecule has 2 fully saturated rings. The van der Waals surface area contributed by atoms with Crippen molar-refractivity contribution in [1.82, 2.24) is 9.88 Å². The van der Waals surface area contributed by atoms with Crippen molar-refractivity contribution in [2.45, 2.75) is 69.9 Å². The second-order valence-electron chi connectivity index (χ2n) is 10.2. The first-order valence-electron chi connectivity index (χ1n) is 13.1. The van der Waals surface area contributed by atoms with Crippen LogP contribution in [0.3, 0.4) is 0 Å². The minimum atomic E-state index is -0.754. The molecule has 34 heavy (non-hydrogen) atoms. The number of ether oxygens (including phenoxy) is 1. The zero-order valence-corrected chi connectivity index (χ0v) is 20.0. The Balaban J connectivity index is 1.08. The maximum absolute atomic E-state index is 12.3. The summed E-state index contributed by atoms with van der Waals surface area (Å²) in [7, 11) is 0. The Kier molecular flexibility index (Phi) is 7.45. The van der Waals surface area contributed by atoms with E-state index in [0.29, 0.717) is 6.54 Å². The van der Waals surface area contributed by atoms with Gasteiger partial charge in [-0.2, -0.15) is 0 Å². The summed E-state index contributed by atoms with van der Waals surface area (Å²) >= 11 is 0. The molecule has 2 N–H and O–H groups in total. The number of pyridine rings is 1. The summed E-state index contributed by atoms with van der Waals surface area (Å²) in [5, 5.41) is 13.5. The lowest BCUT2D eigenvalue weighted by Crippen LogP contribution is -2.34. The standard InChI is InChI=1S/C28H37N3O3/c32-28(33)26(25-9-2-1-6-22(25)18-20-10-11-20)31-16-14-24(19-31)34-17-4-3-8-23-13-12-21-7-5-15-29-27(21)30-23/h1-2,6,9,12-13,20,24,26H,3-5,7-8,10-11,14-19H2,(H,29,30)(H,32,33). The van der Waals surface area contributed by atoms with Crippen molar-refractivity contribution in [2.75, 3.05) is 31.6 Å². The van der Waals surface area contributed by atoms with Crippen molar-refractivity contribution in [1.29, 1.82) is 0 Å². The third kappa shape index (κ3) is 5.78. The summed E-state index contributed by atoms with van der Waals surface area (Å²) < 4.78 is 6.16. The van der Waals surface area contributed by atoms with E-state index >= 15 is 0 Å². The molecular weight excluding hydrogens is 426 g/mol. The van der Waals surface area contributed by atoms with Gasteiger partial charge in [-0.25, -0.2) is 4.98 Å². The van der Waals surface area contributed by atoms with Gasteiger partial charge in [-0.05, 0) is 86.5 Å². The number of nitrogens with zero attached hydrogens (tertiary/aromatic N) is 2. The van der Waals surface area contributed by atoms with Crippen LogP contribution in [0.15, 0.2) is 36.4 Å². The van der Waals surface area contributed by atoms with Gasteiger partial charge >= 0.3 is 5.97 Å². The van der Waals surface area contributed by atoms with Crippen molar-refractivity contribution in [3.8, 4) is 0 Å². The largest absolute Gasteiger partial charge is 0.480 e. The van der Waals surface area contributed by atoms with Gasteiger partial charge in [-0.1, -0.05) is 30.3 Å². The molecule has 1 aliphatic carbocycles. The smallest absolute Gasteiger partial charge is 0.325 e. The SMILES string of the molecule is O=C(O)C(c1ccccc1CC1CC1)N1CCC(OCCCCc2ccc3c(n2)NCCC3)C1. The Morgan fingerprint density at radius 2 is 2.06 bits per heavy atom. The normalized spacial score (nSPS) is 21.1. The van der Waals surface area contributed by atoms with Crippen LogP contribution < -0.4 is 5.32 Å². The van der Waals surface area contributed by atoms with Gasteiger partial charge in [0.05, 0.1) is 6.10 Å². The number of aryl methyl sites for hydroxylation is 2. The monoisotopic (exact) mass is 463 g/mol. The van der Waals surface area contributed by atoms with Gasteiger partial charge in [0, 0.05) is 31.9 Å². The van der Waals surface area contributed by atoms with Crippen molar-refractivity contribution < 1.29 is 14.6 Å². The first-order valence-corrected chi connectivity index (χ1v) is 13.1. The predicted octanol–water partition coefficient (Wildman–Crippen LogP) is 4.63. The number of aliphatic carboxylic acids is 1. The highest BCUT2D eigenvalue weighted by atomic mass is 16.5. The molecular formula is C28H37N3O3. The number of anilines is 1. The van der Waals surface area contributed by atoms with Crippen LogP contribution in [0.1, 0.15) is 67.0 Å². The molecule has 182 valence electrons. The zero-order chi connectivity index (χ0) is 23.3. The number of benzene rings is 1. The number of unbranched alkanes of at least 4 members (excludes halogenated alkanes) is 1. The molecule has 1 saturated carbocycles. The molecule has 0 amide bonds. The number of fused-ring (bicyclic) bond motifs is 1. The average molecular weight is 464 g/mol. The van der Waals surface area contributed by atoms with E-state index in [2.05, 4.69) is 28.4 Å². The Morgan fingerprint density at radius 1 is 1.18 bits per heavy atom. The van der Waals surface area contributed by atoms with Gasteiger partial charge in [0.2, 0.25) is 0 Å². The van der Waals surface area contributed by atoms with Crippen LogP contribution in [0.4, 0.5) is 5.82 Å². The third-order valence-electron chi connectivity index (χ3n) is 7.46. The summed E-state index contributed by atoms with van der Waals surface area (Å²) in [6, 6.07) is 11.9. The molecule has 0 bridgehead atoms. The molecule has 0 spiro atoms. The lowest BCUT2D eigenvalue weighted by molar-refractivity contribution is -0.143. The van der Waals surface area contributed by atoms with Gasteiger partial charge in [0.15, 0.2) is 0 Å².